The predicted octanol–water partition coefficient (Wildman–Crippen LogP) is 4.18. The fourth-order valence-electron chi connectivity index (χ4n) is 4.82. The summed E-state index contributed by atoms with van der Waals surface area (Å²) >= 11 is 0. The van der Waals surface area contributed by atoms with Gasteiger partial charge in [0.15, 0.2) is 17.4 Å². The van der Waals surface area contributed by atoms with Crippen molar-refractivity contribution in [3.05, 3.63) is 82.9 Å². The second-order valence-electron chi connectivity index (χ2n) is 8.96. The van der Waals surface area contributed by atoms with Gasteiger partial charge in [0, 0.05) is 53.3 Å². The molecule has 1 amide bonds. The first kappa shape index (κ1) is 23.1. The van der Waals surface area contributed by atoms with Gasteiger partial charge in [0.1, 0.15) is 0 Å². The number of aliphatic hydroxyl groups excluding tert-OH is 1. The summed E-state index contributed by atoms with van der Waals surface area (Å²) in [6.45, 7) is 1.16. The molecule has 8 heteroatoms. The summed E-state index contributed by atoms with van der Waals surface area (Å²) in [5, 5.41) is 15.6. The maximum atomic E-state index is 13.6. The molecule has 35 heavy (non-hydrogen) atoms. The van der Waals surface area contributed by atoms with Crippen LogP contribution in [0.15, 0.2) is 54.6 Å². The van der Waals surface area contributed by atoms with Crippen LogP contribution in [0.5, 0.6) is 0 Å². The maximum Gasteiger partial charge on any atom is 0.238 e. The van der Waals surface area contributed by atoms with E-state index in [0.717, 1.165) is 36.1 Å². The fraction of sp³-hybridized carbons (Fsp3) is 0.259. The fourth-order valence-corrected chi connectivity index (χ4v) is 4.82. The number of carbonyl (C=O) groups excluding carboxylic acids is 2. The van der Waals surface area contributed by atoms with Gasteiger partial charge in [-0.15, -0.1) is 0 Å². The van der Waals surface area contributed by atoms with Gasteiger partial charge < -0.3 is 15.7 Å². The minimum atomic E-state index is -0.986. The van der Waals surface area contributed by atoms with E-state index in [2.05, 4.69) is 10.6 Å². The summed E-state index contributed by atoms with van der Waals surface area (Å²) in [7, 11) is 0. The molecule has 1 fully saturated rings. The molecule has 5 rings (SSSR count). The highest BCUT2D eigenvalue weighted by Crippen LogP contribution is 2.37. The molecule has 0 bridgehead atoms. The predicted molar refractivity (Wildman–Crippen MR) is 129 cm³/mol. The van der Waals surface area contributed by atoms with Crippen molar-refractivity contribution < 1.29 is 23.5 Å². The lowest BCUT2D eigenvalue weighted by Gasteiger charge is -2.32. The molecule has 0 spiro atoms. The largest absolute Gasteiger partial charge is 0.392 e. The number of ketones is 1. The molecular weight excluding hydrogens is 452 g/mol. The van der Waals surface area contributed by atoms with Gasteiger partial charge in [-0.1, -0.05) is 24.3 Å². The number of hydrogen-bond donors (Lipinski definition) is 3. The van der Waals surface area contributed by atoms with Crippen molar-refractivity contribution >= 4 is 23.1 Å². The number of amides is 1. The number of nitrogens with zero attached hydrogens (tertiary/aromatic N) is 1. The third-order valence-electron chi connectivity index (χ3n) is 6.64. The quantitative estimate of drug-likeness (QED) is 0.388. The summed E-state index contributed by atoms with van der Waals surface area (Å²) in [5.74, 6) is -2.09. The molecule has 3 aromatic rings. The van der Waals surface area contributed by atoms with Gasteiger partial charge in [0.2, 0.25) is 5.91 Å². The molecule has 1 saturated heterocycles. The third-order valence-corrected chi connectivity index (χ3v) is 6.64. The number of likely N-dealkylation sites (tertiary alicyclic amines) is 1. The van der Waals surface area contributed by atoms with Crippen LogP contribution in [0.3, 0.4) is 0 Å². The number of fused-ring (bicyclic) bond motifs is 3. The Hall–Kier alpha value is -3.62. The van der Waals surface area contributed by atoms with Crippen molar-refractivity contribution in [3.63, 3.8) is 0 Å². The van der Waals surface area contributed by atoms with Gasteiger partial charge in [0.25, 0.3) is 0 Å². The number of hydrogen-bond acceptors (Lipinski definition) is 5. The molecule has 0 aromatic heterocycles. The van der Waals surface area contributed by atoms with Crippen LogP contribution in [0.4, 0.5) is 20.2 Å². The van der Waals surface area contributed by atoms with Crippen molar-refractivity contribution in [2.24, 2.45) is 0 Å². The second kappa shape index (κ2) is 9.56. The van der Waals surface area contributed by atoms with Crippen LogP contribution < -0.4 is 10.6 Å². The Balaban J connectivity index is 1.16. The molecule has 0 atom stereocenters. The summed E-state index contributed by atoms with van der Waals surface area (Å²) in [6.07, 6.45) is 1.43. The van der Waals surface area contributed by atoms with E-state index < -0.39 is 11.6 Å². The van der Waals surface area contributed by atoms with E-state index in [-0.39, 0.29) is 30.9 Å². The molecule has 0 saturated carbocycles. The Morgan fingerprint density at radius 1 is 0.943 bits per heavy atom. The summed E-state index contributed by atoms with van der Waals surface area (Å²) in [5.41, 5.74) is 4.37. The highest BCUT2D eigenvalue weighted by molar-refractivity contribution is 6.22. The molecule has 180 valence electrons. The second-order valence-corrected chi connectivity index (χ2v) is 8.96. The van der Waals surface area contributed by atoms with Gasteiger partial charge in [-0.05, 0) is 48.2 Å². The monoisotopic (exact) mass is 477 g/mol. The molecule has 0 unspecified atom stereocenters. The van der Waals surface area contributed by atoms with E-state index in [1.165, 1.54) is 0 Å². The lowest BCUT2D eigenvalue weighted by Crippen LogP contribution is -2.42. The molecule has 1 aliphatic carbocycles. The minimum Gasteiger partial charge on any atom is -0.392 e. The Bertz CT molecular complexity index is 1300. The number of anilines is 2. The average molecular weight is 478 g/mol. The zero-order chi connectivity index (χ0) is 24.5. The molecule has 3 N–H and O–H groups in total. The van der Waals surface area contributed by atoms with Crippen LogP contribution in [-0.4, -0.2) is 47.4 Å². The number of benzene rings is 3. The van der Waals surface area contributed by atoms with E-state index in [9.17, 15) is 23.5 Å². The molecule has 6 nitrogen and oxygen atoms in total. The number of nitrogens with one attached hydrogen (secondary N) is 2. The summed E-state index contributed by atoms with van der Waals surface area (Å²) in [4.78, 5) is 27.3. The van der Waals surface area contributed by atoms with Gasteiger partial charge in [-0.25, -0.2) is 8.78 Å². The molecule has 0 radical (unpaired) electrons. The molecule has 1 aliphatic heterocycles. The van der Waals surface area contributed by atoms with Crippen LogP contribution in [0.25, 0.3) is 11.1 Å². The third kappa shape index (κ3) is 4.67. The standard InChI is InChI=1S/C27H25F2N3O3/c28-23-11-16(15-33)25(13-24(23)29)30-17-7-9-32(10-8-17)14-26(34)31-18-5-6-21-22(12-18)19-3-1-2-4-20(19)27(21)35/h1-6,11-13,17,30,33H,7-10,14-15H2,(H,31,34). The molecule has 2 aliphatic rings. The van der Waals surface area contributed by atoms with Crippen molar-refractivity contribution in [3.8, 4) is 11.1 Å². The Morgan fingerprint density at radius 3 is 2.37 bits per heavy atom. The number of aliphatic hydroxyl groups is 1. The molecule has 1 heterocycles. The minimum absolute atomic E-state index is 0.000517. The number of carbonyl (C=O) groups is 2. The van der Waals surface area contributed by atoms with Crippen LogP contribution >= 0.6 is 0 Å². The van der Waals surface area contributed by atoms with Crippen LogP contribution in [-0.2, 0) is 11.4 Å². The SMILES string of the molecule is O=C(CN1CCC(Nc2cc(F)c(F)cc2CO)CC1)Nc1ccc2c(c1)-c1ccccc1C2=O. The van der Waals surface area contributed by atoms with Crippen molar-refractivity contribution in [1.29, 1.82) is 0 Å². The Kier molecular flexibility index (Phi) is 6.32. The highest BCUT2D eigenvalue weighted by Gasteiger charge is 2.27. The number of halogens is 2. The highest BCUT2D eigenvalue weighted by atomic mass is 19.2. The van der Waals surface area contributed by atoms with E-state index in [1.807, 2.05) is 35.2 Å². The first-order valence-corrected chi connectivity index (χ1v) is 11.6. The first-order valence-electron chi connectivity index (χ1n) is 11.6. The number of rotatable bonds is 6. The van der Waals surface area contributed by atoms with Crippen molar-refractivity contribution in [2.45, 2.75) is 25.5 Å². The lowest BCUT2D eigenvalue weighted by molar-refractivity contribution is -0.117. The van der Waals surface area contributed by atoms with Crippen LogP contribution in [0, 0.1) is 11.6 Å². The Labute approximate surface area is 201 Å². The lowest BCUT2D eigenvalue weighted by atomic mass is 10.0. The normalized spacial score (nSPS) is 15.6. The summed E-state index contributed by atoms with van der Waals surface area (Å²) < 4.78 is 27.1. The van der Waals surface area contributed by atoms with Crippen LogP contribution in [0.1, 0.15) is 34.3 Å². The Morgan fingerprint density at radius 2 is 1.63 bits per heavy atom. The van der Waals surface area contributed by atoms with Gasteiger partial charge in [-0.3, -0.25) is 14.5 Å². The first-order chi connectivity index (χ1) is 16.9. The molecular formula is C27H25F2N3O3. The summed E-state index contributed by atoms with van der Waals surface area (Å²) in [6, 6.07) is 14.9. The topological polar surface area (TPSA) is 81.7 Å². The maximum absolute atomic E-state index is 13.6. The van der Waals surface area contributed by atoms with E-state index >= 15 is 0 Å². The molecule has 3 aromatic carbocycles. The average Bonchev–Trinajstić information content (AvgIpc) is 3.14. The zero-order valence-electron chi connectivity index (χ0n) is 19.0. The van der Waals surface area contributed by atoms with Crippen LogP contribution in [0.2, 0.25) is 0 Å². The van der Waals surface area contributed by atoms with Gasteiger partial charge in [0.05, 0.1) is 13.2 Å². The van der Waals surface area contributed by atoms with Gasteiger partial charge in [-0.2, -0.15) is 0 Å². The van der Waals surface area contributed by atoms with Crippen molar-refractivity contribution in [2.75, 3.05) is 30.3 Å². The number of piperidine rings is 1. The van der Waals surface area contributed by atoms with E-state index in [1.54, 1.807) is 12.1 Å². The smallest absolute Gasteiger partial charge is 0.238 e. The zero-order valence-corrected chi connectivity index (χ0v) is 19.0. The van der Waals surface area contributed by atoms with Crippen molar-refractivity contribution in [1.82, 2.24) is 4.90 Å². The van der Waals surface area contributed by atoms with E-state index in [0.29, 0.717) is 41.2 Å². The van der Waals surface area contributed by atoms with E-state index in [4.69, 9.17) is 0 Å². The van der Waals surface area contributed by atoms with Gasteiger partial charge >= 0.3 is 0 Å².